The van der Waals surface area contributed by atoms with Gasteiger partial charge in [0.25, 0.3) is 0 Å². The third-order valence-corrected chi connectivity index (χ3v) is 9.91. The van der Waals surface area contributed by atoms with Gasteiger partial charge in [-0.05, 0) is 87.7 Å². The fraction of sp³-hybridized carbons (Fsp3) is 0.448. The molecule has 3 heterocycles. The molecule has 2 fully saturated rings. The minimum Gasteiger partial charge on any atom is -0.375 e. The van der Waals surface area contributed by atoms with Gasteiger partial charge < -0.3 is 19.9 Å². The van der Waals surface area contributed by atoms with Crippen molar-refractivity contribution < 1.29 is 9.30 Å². The van der Waals surface area contributed by atoms with Crippen molar-refractivity contribution in [2.24, 2.45) is 0 Å². The molecule has 3 aromatic rings. The summed E-state index contributed by atoms with van der Waals surface area (Å²) in [6.45, 7) is 7.54. The van der Waals surface area contributed by atoms with Crippen LogP contribution in [0.25, 0.3) is 0 Å². The van der Waals surface area contributed by atoms with E-state index in [1.54, 1.807) is 19.5 Å². The molecular formula is C29H35ClN5O2P. The maximum absolute atomic E-state index is 12.9. The van der Waals surface area contributed by atoms with E-state index in [9.17, 15) is 4.57 Å². The average molecular weight is 552 g/mol. The van der Waals surface area contributed by atoms with Crippen molar-refractivity contribution in [1.29, 1.82) is 0 Å². The van der Waals surface area contributed by atoms with Gasteiger partial charge in [0.1, 0.15) is 12.2 Å². The minimum atomic E-state index is -2.51. The maximum Gasteiger partial charge on any atom is 0.229 e. The molecule has 2 aliphatic heterocycles. The van der Waals surface area contributed by atoms with E-state index in [1.807, 2.05) is 25.1 Å². The van der Waals surface area contributed by atoms with Crippen LogP contribution in [0.3, 0.4) is 0 Å². The van der Waals surface area contributed by atoms with E-state index in [0.29, 0.717) is 35.0 Å². The molecule has 7 nitrogen and oxygen atoms in total. The zero-order valence-electron chi connectivity index (χ0n) is 22.2. The Morgan fingerprint density at radius 1 is 1.05 bits per heavy atom. The molecular weight excluding hydrogens is 517 g/mol. The minimum absolute atomic E-state index is 0.401. The summed E-state index contributed by atoms with van der Waals surface area (Å²) in [7, 11) is -2.51. The van der Waals surface area contributed by atoms with Crippen molar-refractivity contribution in [3.63, 3.8) is 0 Å². The van der Waals surface area contributed by atoms with Gasteiger partial charge in [0.15, 0.2) is 5.82 Å². The Hall–Kier alpha value is -2.44. The molecule has 2 N–H and O–H groups in total. The Morgan fingerprint density at radius 2 is 1.87 bits per heavy atom. The summed E-state index contributed by atoms with van der Waals surface area (Å²) in [4.78, 5) is 11.8. The van der Waals surface area contributed by atoms with Crippen LogP contribution in [0.1, 0.15) is 36.0 Å². The van der Waals surface area contributed by atoms with E-state index in [4.69, 9.17) is 16.3 Å². The fourth-order valence-corrected chi connectivity index (χ4v) is 7.51. The van der Waals surface area contributed by atoms with Crippen LogP contribution in [0.5, 0.6) is 0 Å². The monoisotopic (exact) mass is 551 g/mol. The third kappa shape index (κ3) is 5.35. The van der Waals surface area contributed by atoms with Gasteiger partial charge in [-0.3, -0.25) is 4.90 Å². The van der Waals surface area contributed by atoms with Crippen LogP contribution < -0.4 is 15.9 Å². The van der Waals surface area contributed by atoms with Gasteiger partial charge in [-0.1, -0.05) is 29.3 Å². The number of fused-ring (bicyclic) bond motifs is 3. The molecule has 38 heavy (non-hydrogen) atoms. The van der Waals surface area contributed by atoms with Crippen molar-refractivity contribution >= 4 is 47.2 Å². The molecule has 1 aliphatic carbocycles. The average Bonchev–Trinajstić information content (AvgIpc) is 3.45. The molecule has 0 unspecified atom stereocenters. The second-order valence-electron chi connectivity index (χ2n) is 11.3. The number of likely N-dealkylation sites (tertiary alicyclic amines) is 1. The summed E-state index contributed by atoms with van der Waals surface area (Å²) in [5, 5.41) is 7.84. The number of aryl methyl sites for hydroxylation is 3. The SMILES string of the molecule is Cc1ccc(Nc2nc(Nc3ccc4c(c3)CC[C@@H](N3C[C@@H]5C[C@H]3CO5)CC4)ncc2Cl)c(P(C)(C)=O)c1. The van der Waals surface area contributed by atoms with Gasteiger partial charge in [-0.2, -0.15) is 4.98 Å². The first kappa shape index (κ1) is 25.8. The first-order valence-corrected chi connectivity index (χ1v) is 16.4. The molecule has 0 radical (unpaired) electrons. The summed E-state index contributed by atoms with van der Waals surface area (Å²) in [6, 6.07) is 13.7. The van der Waals surface area contributed by atoms with E-state index < -0.39 is 7.14 Å². The number of rotatable bonds is 6. The predicted octanol–water partition coefficient (Wildman–Crippen LogP) is 5.89. The topological polar surface area (TPSA) is 79.4 Å². The molecule has 6 rings (SSSR count). The number of nitrogens with one attached hydrogen (secondary N) is 2. The van der Waals surface area contributed by atoms with Crippen LogP contribution in [0.15, 0.2) is 42.6 Å². The normalized spacial score (nSPS) is 23.2. The van der Waals surface area contributed by atoms with Gasteiger partial charge in [0.05, 0.1) is 24.6 Å². The highest BCUT2D eigenvalue weighted by molar-refractivity contribution is 7.70. The number of halogens is 1. The molecule has 9 heteroatoms. The quantitative estimate of drug-likeness (QED) is 0.292. The summed E-state index contributed by atoms with van der Waals surface area (Å²) in [6.07, 6.45) is 7.82. The van der Waals surface area contributed by atoms with E-state index in [1.165, 1.54) is 30.4 Å². The lowest BCUT2D eigenvalue weighted by atomic mass is 10.0. The molecule has 2 bridgehead atoms. The molecule has 200 valence electrons. The van der Waals surface area contributed by atoms with E-state index in [2.05, 4.69) is 43.7 Å². The van der Waals surface area contributed by atoms with Crippen LogP contribution in [-0.2, 0) is 22.1 Å². The predicted molar refractivity (Wildman–Crippen MR) is 156 cm³/mol. The van der Waals surface area contributed by atoms with Crippen molar-refractivity contribution in [2.75, 3.05) is 37.1 Å². The van der Waals surface area contributed by atoms with E-state index >= 15 is 0 Å². The first-order chi connectivity index (χ1) is 18.2. The molecule has 3 aliphatic rings. The van der Waals surface area contributed by atoms with Crippen LogP contribution in [0.2, 0.25) is 5.02 Å². The second kappa shape index (κ2) is 10.3. The van der Waals surface area contributed by atoms with Gasteiger partial charge in [0, 0.05) is 29.6 Å². The van der Waals surface area contributed by atoms with Crippen molar-refractivity contribution in [1.82, 2.24) is 14.9 Å². The summed E-state index contributed by atoms with van der Waals surface area (Å²) in [5.74, 6) is 0.936. The molecule has 3 atom stereocenters. The number of nitrogens with zero attached hydrogens (tertiary/aromatic N) is 3. The highest BCUT2D eigenvalue weighted by atomic mass is 35.5. The van der Waals surface area contributed by atoms with Gasteiger partial charge >= 0.3 is 0 Å². The van der Waals surface area contributed by atoms with Crippen molar-refractivity contribution in [3.8, 4) is 0 Å². The Labute approximate surface area is 229 Å². The molecule has 2 aromatic carbocycles. The van der Waals surface area contributed by atoms with Crippen LogP contribution >= 0.6 is 18.7 Å². The second-order valence-corrected chi connectivity index (χ2v) is 14.9. The molecule has 2 saturated heterocycles. The molecule has 0 spiro atoms. The number of hydrogen-bond acceptors (Lipinski definition) is 7. The Bertz CT molecular complexity index is 1410. The summed E-state index contributed by atoms with van der Waals surface area (Å²) in [5.41, 5.74) is 5.60. The third-order valence-electron chi connectivity index (χ3n) is 8.10. The Kier molecular flexibility index (Phi) is 6.98. The Balaban J connectivity index is 1.18. The number of benzene rings is 2. The number of morpholine rings is 1. The fourth-order valence-electron chi connectivity index (χ4n) is 6.14. The standard InChI is InChI=1S/C29H35ClN5O2P/c1-18-4-11-26(27(12-18)38(2,3)36)33-28-25(30)15-31-29(34-28)32-21-8-5-19-6-9-22(10-7-20(19)13-21)35-16-24-14-23(35)17-37-24/h4-5,8,11-13,15,22-24H,6-7,9-10,14,16-17H2,1-3H3,(H2,31,32,33,34)/t22-,23-,24-/m0/s1. The number of ether oxygens (including phenoxy) is 1. The van der Waals surface area contributed by atoms with E-state index in [0.717, 1.165) is 48.2 Å². The lowest BCUT2D eigenvalue weighted by Gasteiger charge is -2.34. The van der Waals surface area contributed by atoms with Gasteiger partial charge in [-0.25, -0.2) is 4.98 Å². The highest BCUT2D eigenvalue weighted by Gasteiger charge is 2.42. The number of anilines is 4. The van der Waals surface area contributed by atoms with Crippen LogP contribution in [0, 0.1) is 6.92 Å². The van der Waals surface area contributed by atoms with E-state index in [-0.39, 0.29) is 0 Å². The maximum atomic E-state index is 12.9. The van der Waals surface area contributed by atoms with Gasteiger partial charge in [-0.15, -0.1) is 0 Å². The summed E-state index contributed by atoms with van der Waals surface area (Å²) < 4.78 is 18.7. The smallest absolute Gasteiger partial charge is 0.229 e. The van der Waals surface area contributed by atoms with Crippen molar-refractivity contribution in [3.05, 3.63) is 64.3 Å². The number of hydrogen-bond donors (Lipinski definition) is 2. The van der Waals surface area contributed by atoms with Crippen LogP contribution in [-0.4, -0.2) is 59.5 Å². The largest absolute Gasteiger partial charge is 0.375 e. The zero-order valence-corrected chi connectivity index (χ0v) is 23.9. The molecule has 0 amide bonds. The lowest BCUT2D eigenvalue weighted by molar-refractivity contribution is 0.00854. The zero-order chi connectivity index (χ0) is 26.4. The first-order valence-electron chi connectivity index (χ1n) is 13.4. The lowest BCUT2D eigenvalue weighted by Crippen LogP contribution is -2.44. The summed E-state index contributed by atoms with van der Waals surface area (Å²) >= 11 is 6.45. The van der Waals surface area contributed by atoms with Crippen molar-refractivity contribution in [2.45, 2.75) is 57.2 Å². The Morgan fingerprint density at radius 3 is 2.61 bits per heavy atom. The van der Waals surface area contributed by atoms with Crippen LogP contribution in [0.4, 0.5) is 23.1 Å². The number of aromatic nitrogens is 2. The molecule has 0 saturated carbocycles. The van der Waals surface area contributed by atoms with Gasteiger partial charge in [0.2, 0.25) is 5.95 Å². The highest BCUT2D eigenvalue weighted by Crippen LogP contribution is 2.39. The molecule has 1 aromatic heterocycles.